The number of carbonyl (C=O) groups is 1. The lowest BCUT2D eigenvalue weighted by molar-refractivity contribution is -0.139. The molecule has 4 nitrogen and oxygen atoms in total. The number of nitriles is 1. The van der Waals surface area contributed by atoms with E-state index in [-0.39, 0.29) is 29.0 Å². The van der Waals surface area contributed by atoms with Gasteiger partial charge >= 0.3 is 12.1 Å². The summed E-state index contributed by atoms with van der Waals surface area (Å²) in [6.07, 6.45) is -4.95. The van der Waals surface area contributed by atoms with Gasteiger partial charge in [0.05, 0.1) is 35.8 Å². The second-order valence-electron chi connectivity index (χ2n) is 7.13. The van der Waals surface area contributed by atoms with E-state index in [0.717, 1.165) is 19.2 Å². The van der Waals surface area contributed by atoms with Crippen LogP contribution in [0.4, 0.5) is 22.0 Å². The van der Waals surface area contributed by atoms with Crippen molar-refractivity contribution in [3.05, 3.63) is 93.3 Å². The minimum absolute atomic E-state index is 0.00844. The lowest BCUT2D eigenvalue weighted by Crippen LogP contribution is -2.31. The van der Waals surface area contributed by atoms with Gasteiger partial charge in [-0.25, -0.2) is 13.6 Å². The molecular formula is C23H17F5N2O2. The zero-order chi connectivity index (χ0) is 23.6. The highest BCUT2D eigenvalue weighted by molar-refractivity contribution is 5.93. The van der Waals surface area contributed by atoms with Crippen molar-refractivity contribution in [1.29, 1.82) is 5.26 Å². The van der Waals surface area contributed by atoms with Gasteiger partial charge in [-0.15, -0.1) is 0 Å². The predicted octanol–water partition coefficient (Wildman–Crippen LogP) is 5.14. The number of rotatable bonds is 4. The van der Waals surface area contributed by atoms with E-state index in [9.17, 15) is 32.0 Å². The molecule has 1 N–H and O–H groups in total. The van der Waals surface area contributed by atoms with E-state index in [1.54, 1.807) is 6.07 Å². The van der Waals surface area contributed by atoms with Gasteiger partial charge in [0, 0.05) is 17.8 Å². The number of methoxy groups -OCH3 is 1. The minimum Gasteiger partial charge on any atom is -0.466 e. The van der Waals surface area contributed by atoms with Crippen molar-refractivity contribution in [2.75, 3.05) is 7.11 Å². The first-order valence-corrected chi connectivity index (χ1v) is 9.37. The minimum atomic E-state index is -4.94. The standard InChI is InChI=1S/C23H17F5N2O2/c1-12-20(22(31)32-2)21(16-7-6-15(25)10-18(16)23(26,27)28)17(11-29)19(30-12)9-13-4-3-5-14(24)8-13/h3-8,10,21,30H,9H2,1-2H3. The van der Waals surface area contributed by atoms with Gasteiger partial charge in [0.15, 0.2) is 0 Å². The highest BCUT2D eigenvalue weighted by Crippen LogP contribution is 2.44. The number of ether oxygens (including phenoxy) is 1. The Labute approximate surface area is 180 Å². The number of hydrogen-bond donors (Lipinski definition) is 1. The number of halogens is 5. The Balaban J connectivity index is 2.27. The third-order valence-corrected chi connectivity index (χ3v) is 5.07. The number of alkyl halides is 3. The van der Waals surface area contributed by atoms with Crippen LogP contribution in [0.15, 0.2) is 65.0 Å². The van der Waals surface area contributed by atoms with Gasteiger partial charge in [-0.05, 0) is 42.3 Å². The summed E-state index contributed by atoms with van der Waals surface area (Å²) in [5.74, 6) is -4.03. The zero-order valence-electron chi connectivity index (χ0n) is 17.0. The number of carbonyl (C=O) groups excluding carboxylic acids is 1. The van der Waals surface area contributed by atoms with Crippen LogP contribution in [0.25, 0.3) is 0 Å². The lowest BCUT2D eigenvalue weighted by Gasteiger charge is -2.31. The van der Waals surface area contributed by atoms with E-state index < -0.39 is 40.8 Å². The van der Waals surface area contributed by atoms with Crippen LogP contribution in [0, 0.1) is 23.0 Å². The van der Waals surface area contributed by atoms with Gasteiger partial charge in [-0.2, -0.15) is 18.4 Å². The van der Waals surface area contributed by atoms with Gasteiger partial charge in [0.2, 0.25) is 0 Å². The number of hydrogen-bond acceptors (Lipinski definition) is 4. The number of nitrogens with zero attached hydrogens (tertiary/aromatic N) is 1. The van der Waals surface area contributed by atoms with Crippen LogP contribution in [0.2, 0.25) is 0 Å². The number of nitrogens with one attached hydrogen (secondary N) is 1. The maximum Gasteiger partial charge on any atom is 0.416 e. The molecule has 0 saturated carbocycles. The predicted molar refractivity (Wildman–Crippen MR) is 105 cm³/mol. The van der Waals surface area contributed by atoms with Crippen LogP contribution in [-0.4, -0.2) is 13.1 Å². The Morgan fingerprint density at radius 2 is 1.84 bits per heavy atom. The molecule has 32 heavy (non-hydrogen) atoms. The van der Waals surface area contributed by atoms with E-state index in [0.29, 0.717) is 11.6 Å². The summed E-state index contributed by atoms with van der Waals surface area (Å²) in [4.78, 5) is 12.5. The molecule has 2 aromatic rings. The van der Waals surface area contributed by atoms with E-state index in [1.165, 1.54) is 25.1 Å². The molecule has 9 heteroatoms. The van der Waals surface area contributed by atoms with Crippen LogP contribution in [0.3, 0.4) is 0 Å². The molecule has 1 unspecified atom stereocenters. The van der Waals surface area contributed by atoms with Gasteiger partial charge in [-0.1, -0.05) is 18.2 Å². The second-order valence-corrected chi connectivity index (χ2v) is 7.13. The summed E-state index contributed by atoms with van der Waals surface area (Å²) in [7, 11) is 1.06. The fraction of sp³-hybridized carbons (Fsp3) is 0.217. The number of dihydropyridines is 1. The SMILES string of the molecule is COC(=O)C1=C(C)NC(Cc2cccc(F)c2)=C(C#N)C1c1ccc(F)cc1C(F)(F)F. The first-order valence-electron chi connectivity index (χ1n) is 9.37. The maximum absolute atomic E-state index is 13.8. The molecule has 0 saturated heterocycles. The lowest BCUT2D eigenvalue weighted by atomic mass is 9.78. The van der Waals surface area contributed by atoms with Crippen LogP contribution in [0.5, 0.6) is 0 Å². The Hall–Kier alpha value is -3.67. The molecule has 166 valence electrons. The summed E-state index contributed by atoms with van der Waals surface area (Å²) in [6, 6.07) is 9.45. The quantitative estimate of drug-likeness (QED) is 0.520. The molecule has 1 heterocycles. The van der Waals surface area contributed by atoms with Crippen molar-refractivity contribution in [1.82, 2.24) is 5.32 Å². The molecule has 1 aliphatic heterocycles. The maximum atomic E-state index is 13.8. The molecule has 1 atom stereocenters. The molecule has 3 rings (SSSR count). The van der Waals surface area contributed by atoms with Gasteiger partial charge in [0.25, 0.3) is 0 Å². The van der Waals surface area contributed by atoms with Crippen LogP contribution < -0.4 is 5.32 Å². The van der Waals surface area contributed by atoms with E-state index in [4.69, 9.17) is 4.74 Å². The first kappa shape index (κ1) is 23.0. The van der Waals surface area contributed by atoms with Crippen LogP contribution >= 0.6 is 0 Å². The summed E-state index contributed by atoms with van der Waals surface area (Å²) >= 11 is 0. The Bertz CT molecular complexity index is 1180. The zero-order valence-corrected chi connectivity index (χ0v) is 17.0. The molecule has 0 aliphatic carbocycles. The fourth-order valence-electron chi connectivity index (χ4n) is 3.74. The van der Waals surface area contributed by atoms with Crippen molar-refractivity contribution in [3.8, 4) is 6.07 Å². The van der Waals surface area contributed by atoms with Crippen LogP contribution in [0.1, 0.15) is 29.5 Å². The van der Waals surface area contributed by atoms with Gasteiger partial charge in [-0.3, -0.25) is 0 Å². The number of benzene rings is 2. The fourth-order valence-corrected chi connectivity index (χ4v) is 3.74. The van der Waals surface area contributed by atoms with Crippen molar-refractivity contribution in [2.45, 2.75) is 25.4 Å². The van der Waals surface area contributed by atoms with Gasteiger partial charge < -0.3 is 10.1 Å². The van der Waals surface area contributed by atoms with Gasteiger partial charge in [0.1, 0.15) is 11.6 Å². The van der Waals surface area contributed by atoms with E-state index in [1.807, 2.05) is 6.07 Å². The third-order valence-electron chi connectivity index (χ3n) is 5.07. The number of esters is 1. The highest BCUT2D eigenvalue weighted by atomic mass is 19.4. The molecular weight excluding hydrogens is 431 g/mol. The largest absolute Gasteiger partial charge is 0.466 e. The molecule has 0 radical (unpaired) electrons. The summed E-state index contributed by atoms with van der Waals surface area (Å²) in [6.45, 7) is 1.45. The van der Waals surface area contributed by atoms with Crippen molar-refractivity contribution in [3.63, 3.8) is 0 Å². The Kier molecular flexibility index (Phi) is 6.35. The first-order chi connectivity index (χ1) is 15.1. The smallest absolute Gasteiger partial charge is 0.416 e. The van der Waals surface area contributed by atoms with E-state index >= 15 is 0 Å². The highest BCUT2D eigenvalue weighted by Gasteiger charge is 2.41. The molecule has 0 spiro atoms. The van der Waals surface area contributed by atoms with Crippen molar-refractivity contribution < 1.29 is 31.5 Å². The topological polar surface area (TPSA) is 62.1 Å². The average Bonchev–Trinajstić information content (AvgIpc) is 2.72. The molecule has 0 aromatic heterocycles. The monoisotopic (exact) mass is 448 g/mol. The molecule has 0 amide bonds. The summed E-state index contributed by atoms with van der Waals surface area (Å²) in [5.41, 5.74) is -1.33. The normalized spacial score (nSPS) is 16.5. The summed E-state index contributed by atoms with van der Waals surface area (Å²) in [5, 5.41) is 12.8. The average molecular weight is 448 g/mol. The van der Waals surface area contributed by atoms with E-state index in [2.05, 4.69) is 5.32 Å². The molecule has 2 aromatic carbocycles. The Morgan fingerprint density at radius 3 is 2.44 bits per heavy atom. The van der Waals surface area contributed by atoms with Crippen molar-refractivity contribution in [2.24, 2.45) is 0 Å². The molecule has 0 fully saturated rings. The summed E-state index contributed by atoms with van der Waals surface area (Å²) < 4.78 is 73.3. The van der Waals surface area contributed by atoms with Crippen LogP contribution in [-0.2, 0) is 22.1 Å². The Morgan fingerprint density at radius 1 is 1.16 bits per heavy atom. The second kappa shape index (κ2) is 8.83. The molecule has 1 aliphatic rings. The van der Waals surface area contributed by atoms with Crippen molar-refractivity contribution >= 4 is 5.97 Å². The molecule has 0 bridgehead atoms. The number of allylic oxidation sites excluding steroid dienone is 3. The third kappa shape index (κ3) is 4.49.